The van der Waals surface area contributed by atoms with Crippen LogP contribution in [0.3, 0.4) is 0 Å². The van der Waals surface area contributed by atoms with Crippen molar-refractivity contribution in [3.8, 4) is 0 Å². The van der Waals surface area contributed by atoms with Crippen LogP contribution in [-0.2, 0) is 33.0 Å². The molecule has 1 unspecified atom stereocenters. The molecule has 39 heavy (non-hydrogen) atoms. The standard InChI is InChI=1S/C29H52O7SSi2/c1-28(2,3)38(8,9)34-20-22(36-39(10,11)29(4,5)6)19-26-27(33-7)24(25(35-26)17-18-30)21-37(31,32)23-15-13-12-14-16-23/h12-16,18,22,24-27H,17,19-21H2,1-11H3/t22-,24-,25?,26+,27+/m0/s1. The summed E-state index contributed by atoms with van der Waals surface area (Å²) in [5, 5.41) is 0.0607. The van der Waals surface area contributed by atoms with E-state index in [1.54, 1.807) is 37.4 Å². The van der Waals surface area contributed by atoms with Gasteiger partial charge in [0.1, 0.15) is 6.29 Å². The zero-order valence-corrected chi connectivity index (χ0v) is 28.8. The van der Waals surface area contributed by atoms with Crippen molar-refractivity contribution in [1.82, 2.24) is 0 Å². The Morgan fingerprint density at radius 1 is 0.949 bits per heavy atom. The van der Waals surface area contributed by atoms with Gasteiger partial charge in [0.05, 0.1) is 41.7 Å². The van der Waals surface area contributed by atoms with E-state index in [0.717, 1.165) is 6.29 Å². The van der Waals surface area contributed by atoms with Crippen LogP contribution in [0.1, 0.15) is 54.4 Å². The minimum Gasteiger partial charge on any atom is -0.414 e. The molecular formula is C29H52O7SSi2. The van der Waals surface area contributed by atoms with Crippen molar-refractivity contribution >= 4 is 32.8 Å². The molecule has 0 saturated carbocycles. The summed E-state index contributed by atoms with van der Waals surface area (Å²) in [7, 11) is -6.22. The Labute approximate surface area is 239 Å². The van der Waals surface area contributed by atoms with Gasteiger partial charge in [0.2, 0.25) is 0 Å². The van der Waals surface area contributed by atoms with Crippen molar-refractivity contribution in [3.05, 3.63) is 30.3 Å². The molecule has 7 nitrogen and oxygen atoms in total. The highest BCUT2D eigenvalue weighted by Gasteiger charge is 2.49. The van der Waals surface area contributed by atoms with Gasteiger partial charge in [0.25, 0.3) is 0 Å². The van der Waals surface area contributed by atoms with E-state index in [9.17, 15) is 13.2 Å². The first-order chi connectivity index (χ1) is 17.8. The fourth-order valence-corrected chi connectivity index (χ4v) is 8.49. The summed E-state index contributed by atoms with van der Waals surface area (Å²) < 4.78 is 52.4. The minimum atomic E-state index is -3.60. The molecule has 1 aromatic rings. The number of carbonyl (C=O) groups excluding carboxylic acids is 1. The highest BCUT2D eigenvalue weighted by molar-refractivity contribution is 7.91. The molecule has 1 fully saturated rings. The first-order valence-electron chi connectivity index (χ1n) is 14.0. The molecule has 1 aromatic carbocycles. The van der Waals surface area contributed by atoms with E-state index >= 15 is 0 Å². The van der Waals surface area contributed by atoms with Gasteiger partial charge in [-0.3, -0.25) is 0 Å². The number of hydrogen-bond acceptors (Lipinski definition) is 7. The lowest BCUT2D eigenvalue weighted by Gasteiger charge is -2.42. The van der Waals surface area contributed by atoms with Crippen LogP contribution < -0.4 is 0 Å². The number of benzene rings is 1. The number of sulfone groups is 1. The van der Waals surface area contributed by atoms with Crippen molar-refractivity contribution in [2.75, 3.05) is 19.5 Å². The molecule has 5 atom stereocenters. The van der Waals surface area contributed by atoms with Gasteiger partial charge in [-0.15, -0.1) is 0 Å². The van der Waals surface area contributed by atoms with Gasteiger partial charge in [-0.1, -0.05) is 59.7 Å². The Balaban J connectivity index is 2.35. The van der Waals surface area contributed by atoms with Gasteiger partial charge in [0.15, 0.2) is 26.5 Å². The maximum absolute atomic E-state index is 13.3. The van der Waals surface area contributed by atoms with Gasteiger partial charge in [-0.05, 0) is 48.4 Å². The van der Waals surface area contributed by atoms with Gasteiger partial charge < -0.3 is 23.1 Å². The molecule has 10 heteroatoms. The lowest BCUT2D eigenvalue weighted by atomic mass is 9.94. The van der Waals surface area contributed by atoms with Crippen LogP contribution in [0, 0.1) is 5.92 Å². The zero-order chi connectivity index (χ0) is 29.9. The summed E-state index contributed by atoms with van der Waals surface area (Å²) in [5.41, 5.74) is 0. The summed E-state index contributed by atoms with van der Waals surface area (Å²) in [6, 6.07) is 8.40. The first kappa shape index (κ1) is 34.3. The van der Waals surface area contributed by atoms with Crippen molar-refractivity contribution in [2.24, 2.45) is 5.92 Å². The topological polar surface area (TPSA) is 88.1 Å². The van der Waals surface area contributed by atoms with Gasteiger partial charge in [-0.25, -0.2) is 8.42 Å². The van der Waals surface area contributed by atoms with Crippen LogP contribution in [0.2, 0.25) is 36.3 Å². The second-order valence-corrected chi connectivity index (χ2v) is 25.5. The maximum atomic E-state index is 13.3. The third-order valence-electron chi connectivity index (χ3n) is 8.93. The molecule has 1 aliphatic rings. The van der Waals surface area contributed by atoms with E-state index in [0.29, 0.717) is 13.0 Å². The van der Waals surface area contributed by atoms with E-state index in [1.807, 2.05) is 0 Å². The molecule has 0 aliphatic carbocycles. The molecule has 0 N–H and O–H groups in total. The van der Waals surface area contributed by atoms with Crippen LogP contribution in [0.5, 0.6) is 0 Å². The summed E-state index contributed by atoms with van der Waals surface area (Å²) in [6.07, 6.45) is -0.307. The predicted octanol–water partition coefficient (Wildman–Crippen LogP) is 6.25. The second-order valence-electron chi connectivity index (χ2n) is 13.9. The number of methoxy groups -OCH3 is 1. The van der Waals surface area contributed by atoms with Crippen molar-refractivity contribution in [2.45, 2.75) is 120 Å². The number of ether oxygens (including phenoxy) is 2. The molecule has 0 spiro atoms. The van der Waals surface area contributed by atoms with E-state index in [4.69, 9.17) is 18.3 Å². The summed E-state index contributed by atoms with van der Waals surface area (Å²) in [5.74, 6) is -0.635. The van der Waals surface area contributed by atoms with Crippen LogP contribution >= 0.6 is 0 Å². The van der Waals surface area contributed by atoms with E-state index in [1.165, 1.54) is 0 Å². The molecule has 1 aliphatic heterocycles. The Bertz CT molecular complexity index is 1030. The van der Waals surface area contributed by atoms with Gasteiger partial charge in [0, 0.05) is 25.9 Å². The highest BCUT2D eigenvalue weighted by atomic mass is 32.2. The maximum Gasteiger partial charge on any atom is 0.192 e. The van der Waals surface area contributed by atoms with Crippen molar-refractivity contribution in [1.29, 1.82) is 0 Å². The van der Waals surface area contributed by atoms with E-state index < -0.39 is 50.7 Å². The largest absolute Gasteiger partial charge is 0.414 e. The number of rotatable bonds is 13. The molecule has 0 amide bonds. The Morgan fingerprint density at radius 2 is 1.51 bits per heavy atom. The number of carbonyl (C=O) groups is 1. The molecule has 0 aromatic heterocycles. The zero-order valence-electron chi connectivity index (χ0n) is 25.9. The minimum absolute atomic E-state index is 0.00572. The molecule has 2 rings (SSSR count). The van der Waals surface area contributed by atoms with E-state index in [2.05, 4.69) is 67.7 Å². The van der Waals surface area contributed by atoms with Crippen molar-refractivity contribution in [3.63, 3.8) is 0 Å². The van der Waals surface area contributed by atoms with Crippen LogP contribution in [-0.4, -0.2) is 75.2 Å². The van der Waals surface area contributed by atoms with Crippen LogP contribution in [0.15, 0.2) is 35.2 Å². The molecule has 224 valence electrons. The number of hydrogen-bond donors (Lipinski definition) is 0. The SMILES string of the molecule is CO[C@H]1[C@@H](C[C@@H](CO[Si](C)(C)C(C)(C)C)O[Si](C)(C)C(C)(C)C)OC(CC=O)[C@@H]1CS(=O)(=O)c1ccccc1. The predicted molar refractivity (Wildman–Crippen MR) is 162 cm³/mol. The first-order valence-corrected chi connectivity index (χ1v) is 21.4. The van der Waals surface area contributed by atoms with Gasteiger partial charge >= 0.3 is 0 Å². The Kier molecular flexibility index (Phi) is 11.4. The average molecular weight is 601 g/mol. The Morgan fingerprint density at radius 3 is 2.00 bits per heavy atom. The average Bonchev–Trinajstić information content (AvgIpc) is 3.11. The molecule has 1 heterocycles. The quantitative estimate of drug-likeness (QED) is 0.195. The summed E-state index contributed by atoms with van der Waals surface area (Å²) in [4.78, 5) is 11.8. The smallest absolute Gasteiger partial charge is 0.192 e. The monoisotopic (exact) mass is 600 g/mol. The molecule has 1 saturated heterocycles. The highest BCUT2D eigenvalue weighted by Crippen LogP contribution is 2.41. The third-order valence-corrected chi connectivity index (χ3v) is 19.8. The normalized spacial score (nSPS) is 24.1. The fraction of sp³-hybridized carbons (Fsp3) is 0.759. The van der Waals surface area contributed by atoms with Crippen LogP contribution in [0.25, 0.3) is 0 Å². The molecule has 0 radical (unpaired) electrons. The van der Waals surface area contributed by atoms with Crippen LogP contribution in [0.4, 0.5) is 0 Å². The third kappa shape index (κ3) is 8.80. The lowest BCUT2D eigenvalue weighted by Crippen LogP contribution is -2.49. The Hall–Kier alpha value is -0.886. The van der Waals surface area contributed by atoms with Gasteiger partial charge in [-0.2, -0.15) is 0 Å². The van der Waals surface area contributed by atoms with E-state index in [-0.39, 0.29) is 33.2 Å². The van der Waals surface area contributed by atoms with Crippen molar-refractivity contribution < 1.29 is 31.5 Å². The fourth-order valence-electron chi connectivity index (χ4n) is 4.43. The lowest BCUT2D eigenvalue weighted by molar-refractivity contribution is -0.111. The summed E-state index contributed by atoms with van der Waals surface area (Å²) >= 11 is 0. The number of aldehydes is 1. The molecule has 0 bridgehead atoms. The molecular weight excluding hydrogens is 549 g/mol. The summed E-state index contributed by atoms with van der Waals surface area (Å²) in [6.45, 7) is 22.6. The second kappa shape index (κ2) is 13.0.